The second-order valence-electron chi connectivity index (χ2n) is 3.88. The third-order valence-corrected chi connectivity index (χ3v) is 2.83. The lowest BCUT2D eigenvalue weighted by atomic mass is 9.88. The van der Waals surface area contributed by atoms with Crippen LogP contribution in [0.1, 0.15) is 26.2 Å². The summed E-state index contributed by atoms with van der Waals surface area (Å²) in [6, 6.07) is 0. The zero-order valence-corrected chi connectivity index (χ0v) is 8.06. The largest absolute Gasteiger partial charge is 0.481 e. The molecule has 14 heavy (non-hydrogen) atoms. The van der Waals surface area contributed by atoms with Crippen LogP contribution in [0.3, 0.4) is 0 Å². The molecule has 0 spiro atoms. The summed E-state index contributed by atoms with van der Waals surface area (Å²) in [5.41, 5.74) is 4.37. The van der Waals surface area contributed by atoms with Crippen LogP contribution in [0.4, 0.5) is 0 Å². The van der Waals surface area contributed by atoms with Crippen LogP contribution in [0.25, 0.3) is 0 Å². The molecule has 1 saturated carbocycles. The smallest absolute Gasteiger partial charge is 0.323 e. The second-order valence-corrected chi connectivity index (χ2v) is 3.88. The van der Waals surface area contributed by atoms with Crippen molar-refractivity contribution in [2.75, 3.05) is 0 Å². The molecule has 4 N–H and O–H groups in total. The highest BCUT2D eigenvalue weighted by Crippen LogP contribution is 2.47. The molecule has 1 fully saturated rings. The third kappa shape index (κ3) is 1.72. The molecular weight excluding hydrogens is 186 g/mol. The Morgan fingerprint density at radius 1 is 1.50 bits per heavy atom. The van der Waals surface area contributed by atoms with Gasteiger partial charge in [-0.25, -0.2) is 0 Å². The van der Waals surface area contributed by atoms with Crippen molar-refractivity contribution in [2.24, 2.45) is 17.6 Å². The van der Waals surface area contributed by atoms with E-state index in [4.69, 9.17) is 15.9 Å². The van der Waals surface area contributed by atoms with Gasteiger partial charge in [0.25, 0.3) is 0 Å². The minimum Gasteiger partial charge on any atom is -0.481 e. The Morgan fingerprint density at radius 2 is 2.07 bits per heavy atom. The summed E-state index contributed by atoms with van der Waals surface area (Å²) in [4.78, 5) is 21.5. The van der Waals surface area contributed by atoms with Gasteiger partial charge in [-0.3, -0.25) is 9.59 Å². The molecule has 80 valence electrons. The normalized spacial score (nSPS) is 29.3. The fourth-order valence-electron chi connectivity index (χ4n) is 1.90. The molecule has 1 aliphatic carbocycles. The van der Waals surface area contributed by atoms with Crippen molar-refractivity contribution in [2.45, 2.75) is 31.7 Å². The number of hydrogen-bond donors (Lipinski definition) is 3. The molecule has 0 heterocycles. The summed E-state index contributed by atoms with van der Waals surface area (Å²) in [5.74, 6) is -3.00. The monoisotopic (exact) mass is 201 g/mol. The lowest BCUT2D eigenvalue weighted by Crippen LogP contribution is -2.50. The molecule has 0 aliphatic heterocycles. The molecule has 5 heteroatoms. The highest BCUT2D eigenvalue weighted by molar-refractivity contribution is 5.83. The lowest BCUT2D eigenvalue weighted by molar-refractivity contribution is -0.145. The second kappa shape index (κ2) is 3.57. The molecule has 5 nitrogen and oxygen atoms in total. The van der Waals surface area contributed by atoms with Crippen molar-refractivity contribution >= 4 is 11.9 Å². The number of rotatable bonds is 5. The van der Waals surface area contributed by atoms with E-state index < -0.39 is 29.3 Å². The Morgan fingerprint density at radius 3 is 2.36 bits per heavy atom. The van der Waals surface area contributed by atoms with Crippen LogP contribution < -0.4 is 5.73 Å². The number of carboxylic acid groups (broad SMARTS) is 2. The van der Waals surface area contributed by atoms with Crippen molar-refractivity contribution in [1.82, 2.24) is 0 Å². The van der Waals surface area contributed by atoms with Crippen LogP contribution in [0.15, 0.2) is 0 Å². The topological polar surface area (TPSA) is 101 Å². The Labute approximate surface area is 81.9 Å². The SMILES string of the molecule is CCC[C@](N)(C(=O)O)C1C[C@@H]1C(=O)O. The van der Waals surface area contributed by atoms with E-state index in [0.717, 1.165) is 0 Å². The predicted octanol–water partition coefficient (Wildman–Crippen LogP) is 0.289. The Balaban J connectivity index is 2.72. The summed E-state index contributed by atoms with van der Waals surface area (Å²) in [6.45, 7) is 1.84. The van der Waals surface area contributed by atoms with Crippen LogP contribution in [0.2, 0.25) is 0 Å². The van der Waals surface area contributed by atoms with Gasteiger partial charge in [0.1, 0.15) is 5.54 Å². The lowest BCUT2D eigenvalue weighted by Gasteiger charge is -2.24. The van der Waals surface area contributed by atoms with Gasteiger partial charge in [0, 0.05) is 5.92 Å². The van der Waals surface area contributed by atoms with E-state index in [0.29, 0.717) is 19.3 Å². The Hall–Kier alpha value is -1.10. The van der Waals surface area contributed by atoms with Crippen LogP contribution in [-0.4, -0.2) is 27.7 Å². The van der Waals surface area contributed by atoms with E-state index in [9.17, 15) is 9.59 Å². The number of carbonyl (C=O) groups is 2. The maximum absolute atomic E-state index is 10.9. The van der Waals surface area contributed by atoms with Crippen LogP contribution >= 0.6 is 0 Å². The molecular formula is C9H15NO4. The van der Waals surface area contributed by atoms with Gasteiger partial charge in [0.2, 0.25) is 0 Å². The third-order valence-electron chi connectivity index (χ3n) is 2.83. The van der Waals surface area contributed by atoms with Gasteiger partial charge in [0.05, 0.1) is 5.92 Å². The minimum absolute atomic E-state index is 0.330. The highest BCUT2D eigenvalue weighted by atomic mass is 16.4. The molecule has 0 radical (unpaired) electrons. The molecule has 0 aromatic heterocycles. The maximum Gasteiger partial charge on any atom is 0.323 e. The Kier molecular flexibility index (Phi) is 2.80. The first kappa shape index (κ1) is 11.0. The van der Waals surface area contributed by atoms with Crippen LogP contribution in [0.5, 0.6) is 0 Å². The van der Waals surface area contributed by atoms with Crippen molar-refractivity contribution in [3.63, 3.8) is 0 Å². The zero-order chi connectivity index (χ0) is 10.9. The van der Waals surface area contributed by atoms with Gasteiger partial charge in [-0.1, -0.05) is 13.3 Å². The zero-order valence-electron chi connectivity index (χ0n) is 8.06. The van der Waals surface area contributed by atoms with Gasteiger partial charge in [-0.15, -0.1) is 0 Å². The first-order valence-corrected chi connectivity index (χ1v) is 4.68. The molecule has 0 aromatic carbocycles. The van der Waals surface area contributed by atoms with Crippen molar-refractivity contribution in [1.29, 1.82) is 0 Å². The van der Waals surface area contributed by atoms with Crippen molar-refractivity contribution in [3.05, 3.63) is 0 Å². The Bertz CT molecular complexity index is 266. The highest BCUT2D eigenvalue weighted by Gasteiger charge is 2.57. The molecule has 0 saturated heterocycles. The molecule has 1 aliphatic rings. The predicted molar refractivity (Wildman–Crippen MR) is 48.7 cm³/mol. The average molecular weight is 201 g/mol. The van der Waals surface area contributed by atoms with Gasteiger partial charge >= 0.3 is 11.9 Å². The summed E-state index contributed by atoms with van der Waals surface area (Å²) >= 11 is 0. The van der Waals surface area contributed by atoms with Crippen molar-refractivity contribution in [3.8, 4) is 0 Å². The van der Waals surface area contributed by atoms with Gasteiger partial charge in [-0.05, 0) is 12.8 Å². The van der Waals surface area contributed by atoms with E-state index in [1.807, 2.05) is 6.92 Å². The minimum atomic E-state index is -1.35. The molecule has 1 rings (SSSR count). The number of carboxylic acids is 2. The van der Waals surface area contributed by atoms with E-state index in [1.54, 1.807) is 0 Å². The maximum atomic E-state index is 10.9. The summed E-state index contributed by atoms with van der Waals surface area (Å²) in [5, 5.41) is 17.6. The van der Waals surface area contributed by atoms with E-state index in [-0.39, 0.29) is 0 Å². The van der Waals surface area contributed by atoms with E-state index >= 15 is 0 Å². The fraction of sp³-hybridized carbons (Fsp3) is 0.778. The van der Waals surface area contributed by atoms with Crippen molar-refractivity contribution < 1.29 is 19.8 Å². The summed E-state index contributed by atoms with van der Waals surface area (Å²) < 4.78 is 0. The van der Waals surface area contributed by atoms with Gasteiger partial charge < -0.3 is 15.9 Å². The first-order valence-electron chi connectivity index (χ1n) is 4.68. The number of nitrogens with two attached hydrogens (primary N) is 1. The standard InChI is InChI=1S/C9H15NO4/c1-2-3-9(10,8(13)14)6-4-5(6)7(11)12/h5-6H,2-4,10H2,1H3,(H,11,12)(H,13,14)/t5-,6?,9+/m0/s1. The average Bonchev–Trinajstić information content (AvgIpc) is 2.82. The first-order chi connectivity index (χ1) is 6.43. The van der Waals surface area contributed by atoms with Gasteiger partial charge in [0.15, 0.2) is 0 Å². The molecule has 1 unspecified atom stereocenters. The van der Waals surface area contributed by atoms with E-state index in [2.05, 4.69) is 0 Å². The molecule has 3 atom stereocenters. The molecule has 0 bridgehead atoms. The van der Waals surface area contributed by atoms with Crippen LogP contribution in [0, 0.1) is 11.8 Å². The quantitative estimate of drug-likeness (QED) is 0.593. The number of hydrogen-bond acceptors (Lipinski definition) is 3. The summed E-state index contributed by atoms with van der Waals surface area (Å²) in [7, 11) is 0. The molecule has 0 aromatic rings. The summed E-state index contributed by atoms with van der Waals surface area (Å²) in [6.07, 6.45) is 1.36. The fourth-order valence-corrected chi connectivity index (χ4v) is 1.90. The van der Waals surface area contributed by atoms with Crippen LogP contribution in [-0.2, 0) is 9.59 Å². The number of aliphatic carboxylic acids is 2. The molecule has 0 amide bonds. The van der Waals surface area contributed by atoms with E-state index in [1.165, 1.54) is 0 Å². The van der Waals surface area contributed by atoms with Gasteiger partial charge in [-0.2, -0.15) is 0 Å².